The molecule has 1 aliphatic carbocycles. The maximum atomic E-state index is 9.73. The van der Waals surface area contributed by atoms with E-state index in [0.29, 0.717) is 23.0 Å². The van der Waals surface area contributed by atoms with Gasteiger partial charge in [0.05, 0.1) is 18.0 Å². The number of nitrogens with two attached hydrogens (primary N) is 1. The summed E-state index contributed by atoms with van der Waals surface area (Å²) in [4.78, 5) is 11.2. The fourth-order valence-corrected chi connectivity index (χ4v) is 5.55. The molecule has 4 rings (SSSR count). The number of hydrazone groups is 1. The molecule has 0 bridgehead atoms. The van der Waals surface area contributed by atoms with Crippen LogP contribution in [-0.2, 0) is 0 Å². The van der Waals surface area contributed by atoms with E-state index in [1.807, 2.05) is 30.3 Å². The zero-order valence-corrected chi connectivity index (χ0v) is 19.4. The highest BCUT2D eigenvalue weighted by Crippen LogP contribution is 2.38. The maximum Gasteiger partial charge on any atom is 0.116 e. The lowest BCUT2D eigenvalue weighted by Gasteiger charge is -2.38. The van der Waals surface area contributed by atoms with Crippen molar-refractivity contribution in [2.75, 3.05) is 13.2 Å². The van der Waals surface area contributed by atoms with E-state index in [4.69, 9.17) is 17.4 Å². The van der Waals surface area contributed by atoms with Crippen LogP contribution in [0.25, 0.3) is 5.57 Å². The molecule has 0 spiro atoms. The summed E-state index contributed by atoms with van der Waals surface area (Å²) in [7, 11) is 0. The van der Waals surface area contributed by atoms with Crippen LogP contribution < -0.4 is 5.84 Å². The molecule has 6 nitrogen and oxygen atoms in total. The van der Waals surface area contributed by atoms with E-state index < -0.39 is 0 Å². The molecule has 1 atom stereocenters. The van der Waals surface area contributed by atoms with Crippen molar-refractivity contribution in [3.05, 3.63) is 64.7 Å². The lowest BCUT2D eigenvalue weighted by molar-refractivity contribution is 0.0912. The monoisotopic (exact) mass is 453 g/mol. The highest BCUT2D eigenvalue weighted by molar-refractivity contribution is 6.33. The molecule has 32 heavy (non-hydrogen) atoms. The molecular weight excluding hydrogens is 422 g/mol. The number of aliphatic hydroxyl groups is 1. The topological polar surface area (TPSA) is 87.6 Å². The van der Waals surface area contributed by atoms with Crippen LogP contribution in [0.1, 0.15) is 56.7 Å². The molecule has 2 heterocycles. The van der Waals surface area contributed by atoms with Gasteiger partial charge in [0, 0.05) is 34.4 Å². The summed E-state index contributed by atoms with van der Waals surface area (Å²) in [5.74, 6) is 6.37. The number of likely N-dealkylation sites (tertiary alicyclic amines) is 1. The first-order valence-electron chi connectivity index (χ1n) is 11.5. The van der Waals surface area contributed by atoms with Crippen LogP contribution in [0.2, 0.25) is 5.02 Å². The average Bonchev–Trinajstić information content (AvgIpc) is 3.32. The number of rotatable bonds is 6. The third-order valence-corrected chi connectivity index (χ3v) is 7.38. The minimum Gasteiger partial charge on any atom is -0.395 e. The number of halogens is 1. The van der Waals surface area contributed by atoms with Gasteiger partial charge < -0.3 is 10.9 Å². The standard InChI is InChI=1S/C25H32ClN5O/c1-17(18-6-10-21(11-7-18)31-14-2-3-22(31)15-32)24(23-12-13-28-16-29-23)25(30-27)19-4-8-20(26)9-5-19/h4-5,8-9,12-13,16,18,21-22,32H,2-3,6-7,10-11,14-15,27H2,1H3/b24-17+,30-25-/t18?,21?,22-/m1/s1. The smallest absolute Gasteiger partial charge is 0.116 e. The van der Waals surface area contributed by atoms with E-state index in [9.17, 15) is 5.11 Å². The fraction of sp³-hybridized carbons (Fsp3) is 0.480. The van der Waals surface area contributed by atoms with Gasteiger partial charge in [-0.25, -0.2) is 9.97 Å². The summed E-state index contributed by atoms with van der Waals surface area (Å²) in [6.45, 7) is 3.58. The van der Waals surface area contributed by atoms with E-state index in [0.717, 1.165) is 61.2 Å². The van der Waals surface area contributed by atoms with Crippen LogP contribution in [0.4, 0.5) is 0 Å². The third kappa shape index (κ3) is 4.87. The SMILES string of the molecule is C/C(=C(\C(=N/N)c1ccc(Cl)cc1)c1ccncn1)C1CCC(N2CCC[C@@H]2CO)CC1. The Kier molecular flexibility index (Phi) is 7.55. The van der Waals surface area contributed by atoms with Crippen LogP contribution in [-0.4, -0.2) is 50.9 Å². The fourth-order valence-electron chi connectivity index (χ4n) is 5.42. The Balaban J connectivity index is 1.62. The number of hydrogen-bond acceptors (Lipinski definition) is 6. The van der Waals surface area contributed by atoms with Crippen LogP contribution in [0.5, 0.6) is 0 Å². The van der Waals surface area contributed by atoms with Crippen molar-refractivity contribution in [1.82, 2.24) is 14.9 Å². The lowest BCUT2D eigenvalue weighted by atomic mass is 9.78. The molecule has 7 heteroatoms. The van der Waals surface area contributed by atoms with E-state index in [-0.39, 0.29) is 6.61 Å². The molecule has 0 radical (unpaired) electrons. The van der Waals surface area contributed by atoms with Crippen LogP contribution in [0.3, 0.4) is 0 Å². The van der Waals surface area contributed by atoms with Gasteiger partial charge in [0.25, 0.3) is 0 Å². The Hall–Kier alpha value is -2.28. The number of aromatic nitrogens is 2. The van der Waals surface area contributed by atoms with Crippen LogP contribution in [0, 0.1) is 5.92 Å². The van der Waals surface area contributed by atoms with Gasteiger partial charge in [0.1, 0.15) is 6.33 Å². The molecule has 1 aliphatic heterocycles. The number of aliphatic hydroxyl groups excluding tert-OH is 1. The second kappa shape index (κ2) is 10.6. The number of nitrogens with zero attached hydrogens (tertiary/aromatic N) is 4. The predicted octanol–water partition coefficient (Wildman–Crippen LogP) is 4.28. The van der Waals surface area contributed by atoms with Crippen LogP contribution >= 0.6 is 11.6 Å². The van der Waals surface area contributed by atoms with Crippen molar-refractivity contribution in [2.24, 2.45) is 16.9 Å². The Morgan fingerprint density at radius 3 is 2.53 bits per heavy atom. The van der Waals surface area contributed by atoms with Crippen molar-refractivity contribution < 1.29 is 5.11 Å². The predicted molar refractivity (Wildman–Crippen MR) is 129 cm³/mol. The van der Waals surface area contributed by atoms with Gasteiger partial charge in [-0.1, -0.05) is 29.3 Å². The number of hydrogen-bond donors (Lipinski definition) is 2. The third-order valence-electron chi connectivity index (χ3n) is 7.13. The Labute approximate surface area is 195 Å². The zero-order chi connectivity index (χ0) is 22.5. The normalized spacial score (nSPS) is 25.6. The maximum absolute atomic E-state index is 9.73. The zero-order valence-electron chi connectivity index (χ0n) is 18.6. The van der Waals surface area contributed by atoms with Crippen molar-refractivity contribution in [3.63, 3.8) is 0 Å². The van der Waals surface area contributed by atoms with Gasteiger partial charge in [0.15, 0.2) is 0 Å². The first-order valence-corrected chi connectivity index (χ1v) is 11.9. The molecule has 2 aliphatic rings. The molecule has 0 amide bonds. The van der Waals surface area contributed by atoms with Crippen molar-refractivity contribution in [1.29, 1.82) is 0 Å². The van der Waals surface area contributed by atoms with Gasteiger partial charge in [-0.15, -0.1) is 0 Å². The van der Waals surface area contributed by atoms with Crippen molar-refractivity contribution in [3.8, 4) is 0 Å². The minimum absolute atomic E-state index is 0.272. The Morgan fingerprint density at radius 2 is 1.91 bits per heavy atom. The minimum atomic E-state index is 0.272. The first kappa shape index (κ1) is 22.9. The summed E-state index contributed by atoms with van der Waals surface area (Å²) < 4.78 is 0. The van der Waals surface area contributed by atoms with Gasteiger partial charge in [-0.05, 0) is 76.1 Å². The van der Waals surface area contributed by atoms with Gasteiger partial charge in [-0.2, -0.15) is 5.10 Å². The lowest BCUT2D eigenvalue weighted by Crippen LogP contribution is -2.42. The van der Waals surface area contributed by atoms with Crippen LogP contribution in [0.15, 0.2) is 53.5 Å². The molecular formula is C25H32ClN5O. The van der Waals surface area contributed by atoms with Gasteiger partial charge in [0.2, 0.25) is 0 Å². The van der Waals surface area contributed by atoms with E-state index in [1.165, 1.54) is 12.0 Å². The van der Waals surface area contributed by atoms with Gasteiger partial charge in [-0.3, -0.25) is 4.90 Å². The first-order chi connectivity index (χ1) is 15.6. The molecule has 170 valence electrons. The highest BCUT2D eigenvalue weighted by Gasteiger charge is 2.34. The average molecular weight is 454 g/mol. The van der Waals surface area contributed by atoms with E-state index >= 15 is 0 Å². The molecule has 1 aromatic heterocycles. The summed E-state index contributed by atoms with van der Waals surface area (Å²) in [5.41, 5.74) is 4.72. The molecule has 1 aromatic carbocycles. The molecule has 1 saturated heterocycles. The molecule has 2 fully saturated rings. The van der Waals surface area contributed by atoms with E-state index in [1.54, 1.807) is 12.5 Å². The highest BCUT2D eigenvalue weighted by atomic mass is 35.5. The van der Waals surface area contributed by atoms with Crippen molar-refractivity contribution in [2.45, 2.75) is 57.5 Å². The summed E-state index contributed by atoms with van der Waals surface area (Å²) in [5, 5.41) is 14.6. The molecule has 2 aromatic rings. The summed E-state index contributed by atoms with van der Waals surface area (Å²) >= 11 is 6.11. The number of allylic oxidation sites excluding steroid dienone is 2. The Morgan fingerprint density at radius 1 is 1.16 bits per heavy atom. The molecule has 1 saturated carbocycles. The quantitative estimate of drug-likeness (QED) is 0.387. The largest absolute Gasteiger partial charge is 0.395 e. The number of benzene rings is 1. The Bertz CT molecular complexity index is 952. The second-order valence-electron chi connectivity index (χ2n) is 8.86. The summed E-state index contributed by atoms with van der Waals surface area (Å²) in [6.07, 6.45) is 10.1. The van der Waals surface area contributed by atoms with Crippen molar-refractivity contribution >= 4 is 22.9 Å². The summed E-state index contributed by atoms with van der Waals surface area (Å²) in [6, 6.07) is 10.4. The second-order valence-corrected chi connectivity index (χ2v) is 9.30. The molecule has 3 N–H and O–H groups in total. The molecule has 0 unspecified atom stereocenters. The van der Waals surface area contributed by atoms with Gasteiger partial charge >= 0.3 is 0 Å². The van der Waals surface area contributed by atoms with E-state index in [2.05, 4.69) is 26.9 Å².